The largest absolute Gasteiger partial charge is 0.465 e. The van der Waals surface area contributed by atoms with Crippen molar-refractivity contribution >= 4 is 22.8 Å². The number of anilines is 1. The van der Waals surface area contributed by atoms with E-state index in [9.17, 15) is 9.59 Å². The highest BCUT2D eigenvalue weighted by Gasteiger charge is 2.44. The van der Waals surface area contributed by atoms with E-state index >= 15 is 0 Å². The van der Waals surface area contributed by atoms with Crippen molar-refractivity contribution in [1.29, 1.82) is 0 Å². The molecule has 3 aliphatic heterocycles. The van der Waals surface area contributed by atoms with Crippen LogP contribution in [0.2, 0.25) is 0 Å². The number of rotatable bonds is 6. The van der Waals surface area contributed by atoms with Gasteiger partial charge in [0, 0.05) is 50.3 Å². The Kier molecular flexibility index (Phi) is 8.21. The van der Waals surface area contributed by atoms with Crippen LogP contribution in [0.5, 0.6) is 0 Å². The summed E-state index contributed by atoms with van der Waals surface area (Å²) in [7, 11) is 0. The van der Waals surface area contributed by atoms with Crippen molar-refractivity contribution in [3.8, 4) is 0 Å². The summed E-state index contributed by atoms with van der Waals surface area (Å²) >= 11 is 0. The molecule has 8 heteroatoms. The number of esters is 1. The summed E-state index contributed by atoms with van der Waals surface area (Å²) in [5.74, 6) is 0.386. The maximum absolute atomic E-state index is 14.2. The Labute approximate surface area is 232 Å². The topological polar surface area (TPSA) is 70.9 Å². The second-order valence-electron chi connectivity index (χ2n) is 12.1. The lowest BCUT2D eigenvalue weighted by Crippen LogP contribution is -2.51. The smallest absolute Gasteiger partial charge is 0.320 e. The second-order valence-corrected chi connectivity index (χ2v) is 12.1. The molecule has 1 aliphatic carbocycles. The van der Waals surface area contributed by atoms with E-state index in [1.54, 1.807) is 0 Å². The summed E-state index contributed by atoms with van der Waals surface area (Å²) in [5.41, 5.74) is 1.92. The van der Waals surface area contributed by atoms with E-state index in [0.29, 0.717) is 44.1 Å². The van der Waals surface area contributed by atoms with Crippen LogP contribution >= 0.6 is 0 Å². The van der Waals surface area contributed by atoms with E-state index in [0.717, 1.165) is 43.0 Å². The van der Waals surface area contributed by atoms with Crippen LogP contribution in [-0.4, -0.2) is 82.8 Å². The molecule has 39 heavy (non-hydrogen) atoms. The van der Waals surface area contributed by atoms with E-state index in [1.165, 1.54) is 57.8 Å². The first kappa shape index (κ1) is 26.8. The number of carbonyl (C=O) groups excluding carboxylic acids is 1. The van der Waals surface area contributed by atoms with Gasteiger partial charge in [0.15, 0.2) is 5.82 Å². The Morgan fingerprint density at radius 3 is 2.23 bits per heavy atom. The van der Waals surface area contributed by atoms with Gasteiger partial charge in [0.25, 0.3) is 5.56 Å². The second kappa shape index (κ2) is 12.0. The molecular formula is C31H45N5O3. The summed E-state index contributed by atoms with van der Waals surface area (Å²) in [6, 6.07) is 10.3. The average molecular weight is 536 g/mol. The van der Waals surface area contributed by atoms with Gasteiger partial charge in [0.05, 0.1) is 24.2 Å². The predicted octanol–water partition coefficient (Wildman–Crippen LogP) is 4.36. The molecule has 0 amide bonds. The maximum atomic E-state index is 14.2. The fraction of sp³-hybridized carbons (Fsp3) is 0.710. The number of ether oxygens (including phenoxy) is 1. The quantitative estimate of drug-likeness (QED) is 0.509. The van der Waals surface area contributed by atoms with Crippen molar-refractivity contribution < 1.29 is 9.53 Å². The molecule has 1 aromatic heterocycles. The van der Waals surface area contributed by atoms with Crippen molar-refractivity contribution in [3.63, 3.8) is 0 Å². The molecule has 8 nitrogen and oxygen atoms in total. The van der Waals surface area contributed by atoms with Crippen LogP contribution < -0.4 is 10.5 Å². The summed E-state index contributed by atoms with van der Waals surface area (Å²) < 4.78 is 7.24. The van der Waals surface area contributed by atoms with E-state index in [-0.39, 0.29) is 17.6 Å². The highest BCUT2D eigenvalue weighted by Crippen LogP contribution is 2.44. The number of piperazine rings is 1. The number of aromatic nitrogens is 2. The third-order valence-corrected chi connectivity index (χ3v) is 9.73. The van der Waals surface area contributed by atoms with Crippen molar-refractivity contribution in [2.45, 2.75) is 102 Å². The van der Waals surface area contributed by atoms with E-state index in [4.69, 9.17) is 9.72 Å². The number of fused-ring (bicyclic) bond motifs is 3. The van der Waals surface area contributed by atoms with Gasteiger partial charge in [-0.15, -0.1) is 0 Å². The molecule has 4 heterocycles. The Morgan fingerprint density at radius 2 is 1.54 bits per heavy atom. The number of benzene rings is 1. The first-order valence-electron chi connectivity index (χ1n) is 15.5. The summed E-state index contributed by atoms with van der Waals surface area (Å²) in [4.78, 5) is 38.2. The fourth-order valence-electron chi connectivity index (χ4n) is 7.94. The molecule has 0 N–H and O–H groups in total. The number of carbonyl (C=O) groups is 1. The van der Waals surface area contributed by atoms with Crippen molar-refractivity contribution in [2.24, 2.45) is 0 Å². The molecule has 0 spiro atoms. The molecule has 0 unspecified atom stereocenters. The van der Waals surface area contributed by atoms with Gasteiger partial charge in [-0.3, -0.25) is 19.4 Å². The molecule has 1 saturated carbocycles. The van der Waals surface area contributed by atoms with Crippen LogP contribution in [0.4, 0.5) is 5.82 Å². The van der Waals surface area contributed by atoms with E-state index in [1.807, 2.05) is 25.1 Å². The first-order valence-corrected chi connectivity index (χ1v) is 15.5. The molecule has 3 atom stereocenters. The SMILES string of the molecule is CCOC(=O)CN1CCN(c2nc3ccccc3n([C@H]3C[C@H]4CC[C@@H](C3)N4C3CCCCCCC3)c2=O)CC1. The summed E-state index contributed by atoms with van der Waals surface area (Å²) in [6.07, 6.45) is 14.3. The van der Waals surface area contributed by atoms with Crippen molar-refractivity contribution in [2.75, 3.05) is 44.2 Å². The van der Waals surface area contributed by atoms with Crippen LogP contribution in [0.25, 0.3) is 11.0 Å². The lowest BCUT2D eigenvalue weighted by molar-refractivity contribution is -0.144. The molecule has 4 aliphatic rings. The standard InChI is InChI=1S/C31H45N5O3/c1-2-39-29(37)22-33-16-18-34(19-17-33)30-31(38)36(28-13-9-8-12-27(28)32-30)26-20-24-14-15-25(21-26)35(24)23-10-6-4-3-5-7-11-23/h8-9,12-13,23-26H,2-7,10-11,14-22H2,1H3/t24-,25+,26+. The molecule has 3 saturated heterocycles. The molecule has 6 rings (SSSR count). The monoisotopic (exact) mass is 535 g/mol. The number of hydrogen-bond donors (Lipinski definition) is 0. The molecule has 1 aromatic carbocycles. The number of piperidine rings is 1. The predicted molar refractivity (Wildman–Crippen MR) is 154 cm³/mol. The van der Waals surface area contributed by atoms with Crippen LogP contribution in [0.15, 0.2) is 29.1 Å². The third-order valence-electron chi connectivity index (χ3n) is 9.73. The van der Waals surface area contributed by atoms with Crippen LogP contribution in [0.1, 0.15) is 83.6 Å². The number of nitrogens with zero attached hydrogens (tertiary/aromatic N) is 5. The molecule has 4 fully saturated rings. The minimum absolute atomic E-state index is 0.0522. The van der Waals surface area contributed by atoms with Crippen LogP contribution in [-0.2, 0) is 9.53 Å². The zero-order valence-corrected chi connectivity index (χ0v) is 23.6. The van der Waals surface area contributed by atoms with Gasteiger partial charge in [0.2, 0.25) is 0 Å². The molecule has 2 aromatic rings. The highest BCUT2D eigenvalue weighted by molar-refractivity contribution is 5.76. The van der Waals surface area contributed by atoms with Gasteiger partial charge in [-0.1, -0.05) is 44.2 Å². The normalized spacial score (nSPS) is 27.4. The first-order chi connectivity index (χ1) is 19.1. The lowest BCUT2D eigenvalue weighted by atomic mass is 9.89. The molecular weight excluding hydrogens is 490 g/mol. The molecule has 0 radical (unpaired) electrons. The summed E-state index contributed by atoms with van der Waals surface area (Å²) in [5, 5.41) is 0. The Balaban J connectivity index is 1.23. The fourth-order valence-corrected chi connectivity index (χ4v) is 7.94. The van der Waals surface area contributed by atoms with Gasteiger partial charge in [-0.25, -0.2) is 4.98 Å². The zero-order chi connectivity index (χ0) is 26.8. The maximum Gasteiger partial charge on any atom is 0.320 e. The minimum Gasteiger partial charge on any atom is -0.465 e. The van der Waals surface area contributed by atoms with E-state index in [2.05, 4.69) is 25.3 Å². The van der Waals surface area contributed by atoms with Gasteiger partial charge >= 0.3 is 5.97 Å². The molecule has 2 bridgehead atoms. The average Bonchev–Trinajstić information content (AvgIpc) is 3.17. The Hall–Kier alpha value is -2.45. The van der Waals surface area contributed by atoms with Gasteiger partial charge < -0.3 is 14.2 Å². The van der Waals surface area contributed by atoms with Crippen LogP contribution in [0, 0.1) is 0 Å². The van der Waals surface area contributed by atoms with Gasteiger partial charge in [-0.2, -0.15) is 0 Å². The number of para-hydroxylation sites is 2. The van der Waals surface area contributed by atoms with E-state index < -0.39 is 0 Å². The Bertz CT molecular complexity index is 1180. The van der Waals surface area contributed by atoms with Crippen LogP contribution in [0.3, 0.4) is 0 Å². The zero-order valence-electron chi connectivity index (χ0n) is 23.6. The Morgan fingerprint density at radius 1 is 0.872 bits per heavy atom. The molecule has 212 valence electrons. The van der Waals surface area contributed by atoms with Gasteiger partial charge in [0.1, 0.15) is 0 Å². The lowest BCUT2D eigenvalue weighted by Gasteiger charge is -2.45. The van der Waals surface area contributed by atoms with Crippen molar-refractivity contribution in [3.05, 3.63) is 34.6 Å². The highest BCUT2D eigenvalue weighted by atomic mass is 16.5. The minimum atomic E-state index is -0.183. The third kappa shape index (κ3) is 5.60. The van der Waals surface area contributed by atoms with Crippen molar-refractivity contribution in [1.82, 2.24) is 19.4 Å². The number of hydrogen-bond acceptors (Lipinski definition) is 7. The van der Waals surface area contributed by atoms with Gasteiger partial charge in [-0.05, 0) is 57.6 Å². The summed E-state index contributed by atoms with van der Waals surface area (Å²) in [6.45, 7) is 5.35.